The van der Waals surface area contributed by atoms with Crippen molar-refractivity contribution in [1.82, 2.24) is 5.32 Å². The number of rotatable bonds is 10. The van der Waals surface area contributed by atoms with Gasteiger partial charge in [0, 0.05) is 5.92 Å². The average Bonchev–Trinajstić information content (AvgIpc) is 2.40. The molecule has 0 aliphatic heterocycles. The van der Waals surface area contributed by atoms with E-state index in [1.807, 2.05) is 0 Å². The molecule has 142 valence electrons. The largest absolute Gasteiger partial charge is 0.463 e. The van der Waals surface area contributed by atoms with E-state index >= 15 is 0 Å². The maximum Gasteiger partial charge on any atom is 0.311 e. The summed E-state index contributed by atoms with van der Waals surface area (Å²) in [7, 11) is -4.23. The van der Waals surface area contributed by atoms with E-state index < -0.39 is 44.6 Å². The van der Waals surface area contributed by atoms with Crippen LogP contribution in [0, 0.1) is 11.3 Å². The van der Waals surface area contributed by atoms with Crippen molar-refractivity contribution in [3.8, 4) is 0 Å². The Kier molecular flexibility index (Phi) is 8.34. The molecule has 0 saturated carbocycles. The van der Waals surface area contributed by atoms with Crippen molar-refractivity contribution in [2.24, 2.45) is 11.3 Å². The van der Waals surface area contributed by atoms with E-state index in [1.165, 1.54) is 13.8 Å². The maximum atomic E-state index is 12.3. The maximum absolute atomic E-state index is 12.3. The summed E-state index contributed by atoms with van der Waals surface area (Å²) in [6, 6.07) is 0. The fraction of sp³-hybridized carbons (Fsp3) is 0.867. The van der Waals surface area contributed by atoms with Gasteiger partial charge in [-0.2, -0.15) is 8.42 Å². The van der Waals surface area contributed by atoms with E-state index in [4.69, 9.17) is 14.4 Å². The first kappa shape index (κ1) is 22.8. The summed E-state index contributed by atoms with van der Waals surface area (Å²) in [6.45, 7) is 7.71. The van der Waals surface area contributed by atoms with Gasteiger partial charge in [-0.3, -0.25) is 14.1 Å². The van der Waals surface area contributed by atoms with E-state index in [0.29, 0.717) is 6.42 Å². The minimum atomic E-state index is -4.23. The van der Waals surface area contributed by atoms with Gasteiger partial charge in [0.05, 0.1) is 23.3 Å². The summed E-state index contributed by atoms with van der Waals surface area (Å²) in [5, 5.41) is 11.3. The number of ether oxygens (including phenoxy) is 1. The van der Waals surface area contributed by atoms with E-state index in [0.717, 1.165) is 0 Å². The first-order valence-corrected chi connectivity index (χ1v) is 9.42. The van der Waals surface area contributed by atoms with Crippen molar-refractivity contribution in [1.29, 1.82) is 0 Å². The van der Waals surface area contributed by atoms with Crippen LogP contribution in [0.2, 0.25) is 0 Å². The van der Waals surface area contributed by atoms with Gasteiger partial charge in [-0.25, -0.2) is 0 Å². The molecule has 0 aliphatic rings. The predicted molar refractivity (Wildman–Crippen MR) is 88.9 cm³/mol. The molecule has 0 saturated heterocycles. The number of aliphatic hydroxyl groups excluding tert-OH is 1. The van der Waals surface area contributed by atoms with Gasteiger partial charge < -0.3 is 15.2 Å². The van der Waals surface area contributed by atoms with Gasteiger partial charge in [-0.1, -0.05) is 13.8 Å². The molecule has 0 heterocycles. The molecule has 0 bridgehead atoms. The Bertz CT molecular complexity index is 544. The van der Waals surface area contributed by atoms with E-state index in [2.05, 4.69) is 5.32 Å². The van der Waals surface area contributed by atoms with Crippen LogP contribution in [0.3, 0.4) is 0 Å². The molecule has 9 heteroatoms. The molecule has 0 aliphatic carbocycles. The van der Waals surface area contributed by atoms with Gasteiger partial charge in [0.1, 0.15) is 6.61 Å². The molecule has 0 aromatic heterocycles. The highest BCUT2D eigenvalue weighted by Crippen LogP contribution is 2.31. The third-order valence-electron chi connectivity index (χ3n) is 3.81. The molecule has 0 radical (unpaired) electrons. The zero-order valence-electron chi connectivity index (χ0n) is 15.0. The van der Waals surface area contributed by atoms with Gasteiger partial charge in [0.2, 0.25) is 5.91 Å². The van der Waals surface area contributed by atoms with Crippen LogP contribution in [0.1, 0.15) is 47.5 Å². The van der Waals surface area contributed by atoms with Gasteiger partial charge >= 0.3 is 5.97 Å². The molecule has 24 heavy (non-hydrogen) atoms. The highest BCUT2D eigenvalue weighted by atomic mass is 32.2. The summed E-state index contributed by atoms with van der Waals surface area (Å²) in [5.41, 5.74) is -2.03. The highest BCUT2D eigenvalue weighted by molar-refractivity contribution is 7.85. The molecular formula is C15H29NO7S. The van der Waals surface area contributed by atoms with E-state index in [9.17, 15) is 18.0 Å². The number of carbonyl (C=O) groups excluding carboxylic acids is 2. The molecule has 0 spiro atoms. The van der Waals surface area contributed by atoms with Crippen molar-refractivity contribution in [2.45, 2.75) is 53.0 Å². The smallest absolute Gasteiger partial charge is 0.311 e. The Morgan fingerprint density at radius 2 is 1.79 bits per heavy atom. The first-order chi connectivity index (χ1) is 10.8. The number of hydrogen-bond acceptors (Lipinski definition) is 6. The van der Waals surface area contributed by atoms with Crippen LogP contribution in [-0.4, -0.2) is 54.5 Å². The molecular weight excluding hydrogens is 338 g/mol. The Labute approximate surface area is 143 Å². The molecule has 0 fully saturated rings. The standard InChI is InChI=1S/C15H29NO7S/c1-6-15(5,13(19)23-8-7-17)9-11(2)12(18)16-14(3,4)10-24(20,21)22/h11,17H,6-10H2,1-5H3,(H,16,18)(H,20,21,22). The summed E-state index contributed by atoms with van der Waals surface area (Å²) in [4.78, 5) is 24.4. The van der Waals surface area contributed by atoms with Crippen molar-refractivity contribution in [3.05, 3.63) is 0 Å². The van der Waals surface area contributed by atoms with Crippen molar-refractivity contribution >= 4 is 22.0 Å². The lowest BCUT2D eigenvalue weighted by atomic mass is 9.79. The van der Waals surface area contributed by atoms with Crippen LogP contribution < -0.4 is 5.32 Å². The fourth-order valence-electron chi connectivity index (χ4n) is 2.40. The van der Waals surface area contributed by atoms with Crippen LogP contribution in [0.5, 0.6) is 0 Å². The second-order valence-electron chi connectivity index (χ2n) is 6.98. The quantitative estimate of drug-likeness (QED) is 0.383. The molecule has 0 aromatic rings. The summed E-state index contributed by atoms with van der Waals surface area (Å²) in [5.74, 6) is -2.09. The van der Waals surface area contributed by atoms with Gasteiger partial charge in [0.25, 0.3) is 10.1 Å². The monoisotopic (exact) mass is 367 g/mol. The Morgan fingerprint density at radius 3 is 2.21 bits per heavy atom. The van der Waals surface area contributed by atoms with Crippen molar-refractivity contribution < 1.29 is 32.4 Å². The topological polar surface area (TPSA) is 130 Å². The van der Waals surface area contributed by atoms with E-state index in [1.54, 1.807) is 20.8 Å². The summed E-state index contributed by atoms with van der Waals surface area (Å²) < 4.78 is 35.9. The van der Waals surface area contributed by atoms with Crippen molar-refractivity contribution in [2.75, 3.05) is 19.0 Å². The van der Waals surface area contributed by atoms with Crippen LogP contribution >= 0.6 is 0 Å². The number of nitrogens with one attached hydrogen (secondary N) is 1. The lowest BCUT2D eigenvalue weighted by Gasteiger charge is -2.31. The van der Waals surface area contributed by atoms with Crippen LogP contribution in [0.15, 0.2) is 0 Å². The van der Waals surface area contributed by atoms with Crippen molar-refractivity contribution in [3.63, 3.8) is 0 Å². The fourth-order valence-corrected chi connectivity index (χ4v) is 3.39. The third kappa shape index (κ3) is 8.07. The number of aliphatic hydroxyl groups is 1. The number of hydrogen-bond donors (Lipinski definition) is 3. The lowest BCUT2D eigenvalue weighted by Crippen LogP contribution is -2.50. The molecule has 2 atom stereocenters. The van der Waals surface area contributed by atoms with E-state index in [-0.39, 0.29) is 19.6 Å². The first-order valence-electron chi connectivity index (χ1n) is 7.81. The van der Waals surface area contributed by atoms with Gasteiger partial charge in [-0.05, 0) is 33.6 Å². The normalized spacial score (nSPS) is 16.1. The zero-order valence-corrected chi connectivity index (χ0v) is 15.8. The molecule has 0 rings (SSSR count). The van der Waals surface area contributed by atoms with Crippen LogP contribution in [0.4, 0.5) is 0 Å². The molecule has 8 nitrogen and oxygen atoms in total. The molecule has 1 amide bonds. The minimum absolute atomic E-state index is 0.101. The summed E-state index contributed by atoms with van der Waals surface area (Å²) >= 11 is 0. The average molecular weight is 367 g/mol. The van der Waals surface area contributed by atoms with Crippen LogP contribution in [0.25, 0.3) is 0 Å². The van der Waals surface area contributed by atoms with Crippen LogP contribution in [-0.2, 0) is 24.4 Å². The lowest BCUT2D eigenvalue weighted by molar-refractivity contribution is -0.157. The SMILES string of the molecule is CCC(C)(CC(C)C(=O)NC(C)(C)CS(=O)(=O)O)C(=O)OCCO. The number of carbonyl (C=O) groups is 2. The zero-order chi connectivity index (χ0) is 19.2. The van der Waals surface area contributed by atoms with Gasteiger partial charge in [-0.15, -0.1) is 0 Å². The Morgan fingerprint density at radius 1 is 1.25 bits per heavy atom. The second-order valence-corrected chi connectivity index (χ2v) is 8.43. The Hall–Kier alpha value is -1.19. The second kappa shape index (κ2) is 8.77. The Balaban J connectivity index is 4.91. The minimum Gasteiger partial charge on any atom is -0.463 e. The molecule has 3 N–H and O–H groups in total. The highest BCUT2D eigenvalue weighted by Gasteiger charge is 2.37. The number of amides is 1. The van der Waals surface area contributed by atoms with Gasteiger partial charge in [0.15, 0.2) is 0 Å². The third-order valence-corrected chi connectivity index (χ3v) is 4.89. The predicted octanol–water partition coefficient (Wildman–Crippen LogP) is 0.747. The number of esters is 1. The molecule has 0 aromatic carbocycles. The molecule has 2 unspecified atom stereocenters. The summed E-state index contributed by atoms with van der Waals surface area (Å²) in [6.07, 6.45) is 0.658.